The highest BCUT2D eigenvalue weighted by molar-refractivity contribution is 7.99. The minimum absolute atomic E-state index is 0.0490. The van der Waals surface area contributed by atoms with E-state index in [-0.39, 0.29) is 11.7 Å². The van der Waals surface area contributed by atoms with Crippen LogP contribution in [0.15, 0.2) is 18.2 Å². The molecule has 1 aromatic rings. The van der Waals surface area contributed by atoms with Crippen molar-refractivity contribution in [3.63, 3.8) is 0 Å². The van der Waals surface area contributed by atoms with Gasteiger partial charge in [-0.3, -0.25) is 5.41 Å². The predicted octanol–water partition coefficient (Wildman–Crippen LogP) is 3.92. The maximum atomic E-state index is 13.2. The van der Waals surface area contributed by atoms with Crippen LogP contribution < -0.4 is 5.73 Å². The van der Waals surface area contributed by atoms with Gasteiger partial charge in [-0.1, -0.05) is 25.8 Å². The van der Waals surface area contributed by atoms with Crippen LogP contribution in [0.3, 0.4) is 0 Å². The molecule has 0 saturated heterocycles. The van der Waals surface area contributed by atoms with Crippen molar-refractivity contribution in [1.82, 2.24) is 0 Å². The second-order valence-corrected chi connectivity index (χ2v) is 6.71. The average Bonchev–Trinajstić information content (AvgIpc) is 2.37. The van der Waals surface area contributed by atoms with E-state index in [0.717, 1.165) is 17.2 Å². The monoisotopic (exact) mass is 280 g/mol. The molecule has 2 unspecified atom stereocenters. The van der Waals surface area contributed by atoms with Gasteiger partial charge in [-0.25, -0.2) is 4.39 Å². The zero-order chi connectivity index (χ0) is 13.8. The molecule has 0 aromatic heterocycles. The Labute approximate surface area is 118 Å². The maximum Gasteiger partial charge on any atom is 0.123 e. The lowest BCUT2D eigenvalue weighted by Crippen LogP contribution is -2.17. The van der Waals surface area contributed by atoms with E-state index in [1.807, 2.05) is 11.8 Å². The summed E-state index contributed by atoms with van der Waals surface area (Å²) in [6.07, 6.45) is 5.18. The fraction of sp³-hybridized carbons (Fsp3) is 0.533. The molecule has 2 atom stereocenters. The van der Waals surface area contributed by atoms with Gasteiger partial charge in [-0.05, 0) is 36.5 Å². The number of nitrogen functional groups attached to an aromatic ring is 1. The molecule has 0 amide bonds. The first-order chi connectivity index (χ1) is 9.06. The number of hydrogen-bond acceptors (Lipinski definition) is 2. The zero-order valence-corrected chi connectivity index (χ0v) is 12.1. The lowest BCUT2D eigenvalue weighted by atomic mass is 9.91. The van der Waals surface area contributed by atoms with Crippen molar-refractivity contribution in [3.8, 4) is 0 Å². The molecule has 1 fully saturated rings. The molecule has 1 aliphatic rings. The SMILES string of the molecule is CC1CCCC(SCc2ccc(F)cc2C(=N)N)C1. The number of nitrogens with one attached hydrogen (secondary N) is 1. The van der Waals surface area contributed by atoms with Crippen molar-refractivity contribution in [1.29, 1.82) is 5.41 Å². The lowest BCUT2D eigenvalue weighted by molar-refractivity contribution is 0.394. The average molecular weight is 280 g/mol. The van der Waals surface area contributed by atoms with Crippen molar-refractivity contribution in [2.75, 3.05) is 0 Å². The van der Waals surface area contributed by atoms with E-state index in [9.17, 15) is 4.39 Å². The molecule has 2 rings (SSSR count). The zero-order valence-electron chi connectivity index (χ0n) is 11.3. The van der Waals surface area contributed by atoms with Gasteiger partial charge in [0.05, 0.1) is 0 Å². The quantitative estimate of drug-likeness (QED) is 0.648. The summed E-state index contributed by atoms with van der Waals surface area (Å²) >= 11 is 1.92. The Kier molecular flexibility index (Phi) is 4.86. The molecule has 0 bridgehead atoms. The smallest absolute Gasteiger partial charge is 0.123 e. The largest absolute Gasteiger partial charge is 0.384 e. The summed E-state index contributed by atoms with van der Waals surface area (Å²) < 4.78 is 13.2. The standard InChI is InChI=1S/C15H21FN2S/c1-10-3-2-4-13(7-10)19-9-11-5-6-12(16)8-14(11)15(17)18/h5-6,8,10,13H,2-4,7,9H2,1H3,(H3,17,18). The fourth-order valence-electron chi connectivity index (χ4n) is 2.66. The number of hydrogen-bond donors (Lipinski definition) is 2. The van der Waals surface area contributed by atoms with Crippen molar-refractivity contribution in [2.45, 2.75) is 43.6 Å². The Morgan fingerprint density at radius 2 is 2.26 bits per heavy atom. The molecule has 1 saturated carbocycles. The van der Waals surface area contributed by atoms with Crippen molar-refractivity contribution >= 4 is 17.6 Å². The van der Waals surface area contributed by atoms with Gasteiger partial charge in [-0.15, -0.1) is 0 Å². The summed E-state index contributed by atoms with van der Waals surface area (Å²) in [4.78, 5) is 0. The van der Waals surface area contributed by atoms with Crippen LogP contribution in [0, 0.1) is 17.1 Å². The van der Waals surface area contributed by atoms with E-state index in [0.29, 0.717) is 10.8 Å². The van der Waals surface area contributed by atoms with E-state index in [1.54, 1.807) is 6.07 Å². The number of rotatable bonds is 4. The molecular formula is C15H21FN2S. The van der Waals surface area contributed by atoms with Gasteiger partial charge in [-0.2, -0.15) is 11.8 Å². The Bertz CT molecular complexity index is 461. The van der Waals surface area contributed by atoms with Crippen LogP contribution in [0.25, 0.3) is 0 Å². The Morgan fingerprint density at radius 3 is 2.95 bits per heavy atom. The molecule has 0 aliphatic heterocycles. The normalized spacial score (nSPS) is 23.3. The molecule has 19 heavy (non-hydrogen) atoms. The highest BCUT2D eigenvalue weighted by Gasteiger charge is 2.19. The van der Waals surface area contributed by atoms with Crippen LogP contribution in [0.1, 0.15) is 43.7 Å². The molecule has 4 heteroatoms. The van der Waals surface area contributed by atoms with E-state index in [2.05, 4.69) is 6.92 Å². The summed E-state index contributed by atoms with van der Waals surface area (Å²) in [5.41, 5.74) is 7.03. The van der Waals surface area contributed by atoms with Crippen molar-refractivity contribution in [3.05, 3.63) is 35.1 Å². The van der Waals surface area contributed by atoms with Crippen molar-refractivity contribution < 1.29 is 4.39 Å². The Balaban J connectivity index is 2.01. The topological polar surface area (TPSA) is 49.9 Å². The molecule has 2 nitrogen and oxygen atoms in total. The molecule has 104 valence electrons. The molecule has 0 spiro atoms. The summed E-state index contributed by atoms with van der Waals surface area (Å²) in [6, 6.07) is 4.57. The first-order valence-electron chi connectivity index (χ1n) is 6.80. The molecule has 1 aliphatic carbocycles. The van der Waals surface area contributed by atoms with Gasteiger partial charge in [0, 0.05) is 16.6 Å². The maximum absolute atomic E-state index is 13.2. The minimum atomic E-state index is -0.328. The van der Waals surface area contributed by atoms with E-state index < -0.39 is 0 Å². The Hall–Kier alpha value is -1.03. The first-order valence-corrected chi connectivity index (χ1v) is 7.85. The van der Waals surface area contributed by atoms with Crippen LogP contribution in [0.5, 0.6) is 0 Å². The first kappa shape index (κ1) is 14.4. The third-order valence-electron chi connectivity index (χ3n) is 3.72. The number of thioether (sulfide) groups is 1. The van der Waals surface area contributed by atoms with Crippen LogP contribution in [0.2, 0.25) is 0 Å². The number of benzene rings is 1. The summed E-state index contributed by atoms with van der Waals surface area (Å²) in [5, 5.41) is 8.22. The highest BCUT2D eigenvalue weighted by Crippen LogP contribution is 2.34. The predicted molar refractivity (Wildman–Crippen MR) is 80.1 cm³/mol. The van der Waals surface area contributed by atoms with E-state index >= 15 is 0 Å². The van der Waals surface area contributed by atoms with Gasteiger partial charge in [0.15, 0.2) is 0 Å². The number of halogens is 1. The Morgan fingerprint density at radius 1 is 1.47 bits per heavy atom. The van der Waals surface area contributed by atoms with E-state index in [4.69, 9.17) is 11.1 Å². The van der Waals surface area contributed by atoms with Gasteiger partial charge in [0.25, 0.3) is 0 Å². The van der Waals surface area contributed by atoms with Crippen LogP contribution in [-0.4, -0.2) is 11.1 Å². The lowest BCUT2D eigenvalue weighted by Gasteiger charge is -2.26. The summed E-state index contributed by atoms with van der Waals surface area (Å²) in [6.45, 7) is 2.31. The molecular weight excluding hydrogens is 259 g/mol. The van der Waals surface area contributed by atoms with Crippen LogP contribution >= 0.6 is 11.8 Å². The second-order valence-electron chi connectivity index (χ2n) is 5.42. The van der Waals surface area contributed by atoms with E-state index in [1.165, 1.54) is 37.8 Å². The fourth-order valence-corrected chi connectivity index (χ4v) is 4.13. The molecule has 0 radical (unpaired) electrons. The molecule has 1 aromatic carbocycles. The van der Waals surface area contributed by atoms with Crippen LogP contribution in [-0.2, 0) is 5.75 Å². The van der Waals surface area contributed by atoms with Gasteiger partial charge >= 0.3 is 0 Å². The minimum Gasteiger partial charge on any atom is -0.384 e. The summed E-state index contributed by atoms with van der Waals surface area (Å²) in [5.74, 6) is 1.25. The third-order valence-corrected chi connectivity index (χ3v) is 5.10. The molecule has 3 N–H and O–H groups in total. The third kappa shape index (κ3) is 3.96. The van der Waals surface area contributed by atoms with Crippen LogP contribution in [0.4, 0.5) is 4.39 Å². The second kappa shape index (κ2) is 6.42. The number of nitrogens with two attached hydrogens (primary N) is 1. The van der Waals surface area contributed by atoms with Gasteiger partial charge < -0.3 is 5.73 Å². The van der Waals surface area contributed by atoms with Gasteiger partial charge in [0.1, 0.15) is 11.7 Å². The number of amidine groups is 1. The highest BCUT2D eigenvalue weighted by atomic mass is 32.2. The molecule has 0 heterocycles. The summed E-state index contributed by atoms with van der Waals surface area (Å²) in [7, 11) is 0. The van der Waals surface area contributed by atoms with Crippen molar-refractivity contribution in [2.24, 2.45) is 11.7 Å². The van der Waals surface area contributed by atoms with Gasteiger partial charge in [0.2, 0.25) is 0 Å².